The highest BCUT2D eigenvalue weighted by Gasteiger charge is 2.14. The summed E-state index contributed by atoms with van der Waals surface area (Å²) in [4.78, 5) is 9.03. The second-order valence-electron chi connectivity index (χ2n) is 4.84. The number of nitrogens with zero attached hydrogens (tertiary/aromatic N) is 4. The van der Waals surface area contributed by atoms with Crippen molar-refractivity contribution in [2.45, 2.75) is 0 Å². The molecule has 0 saturated carbocycles. The van der Waals surface area contributed by atoms with Crippen LogP contribution in [-0.2, 0) is 0 Å². The van der Waals surface area contributed by atoms with E-state index in [0.29, 0.717) is 4.73 Å². The third-order valence-electron chi connectivity index (χ3n) is 3.45. The van der Waals surface area contributed by atoms with Gasteiger partial charge >= 0.3 is 0 Å². The van der Waals surface area contributed by atoms with E-state index in [1.807, 2.05) is 71.5 Å². The first-order valence-corrected chi connectivity index (χ1v) is 7.64. The molecule has 4 rings (SSSR count). The fraction of sp³-hybridized carbons (Fsp3) is 0. The first kappa shape index (κ1) is 13.2. The zero-order valence-electron chi connectivity index (χ0n) is 11.5. The van der Waals surface area contributed by atoms with Gasteiger partial charge in [-0.15, -0.1) is 0 Å². The van der Waals surface area contributed by atoms with Crippen molar-refractivity contribution in [1.82, 2.24) is 19.7 Å². The van der Waals surface area contributed by atoms with Crippen LogP contribution in [0.4, 0.5) is 0 Å². The summed E-state index contributed by atoms with van der Waals surface area (Å²) in [6.45, 7) is 0. The number of fused-ring (bicyclic) bond motifs is 1. The summed E-state index contributed by atoms with van der Waals surface area (Å²) in [6.07, 6.45) is 1.82. The van der Waals surface area contributed by atoms with Crippen LogP contribution in [0.5, 0.6) is 0 Å². The second-order valence-corrected chi connectivity index (χ2v) is 5.55. The van der Waals surface area contributed by atoms with Gasteiger partial charge in [0, 0.05) is 5.56 Å². The van der Waals surface area contributed by atoms with E-state index in [1.54, 1.807) is 0 Å². The van der Waals surface area contributed by atoms with Crippen molar-refractivity contribution in [3.8, 4) is 16.9 Å². The van der Waals surface area contributed by atoms with Crippen molar-refractivity contribution < 1.29 is 0 Å². The van der Waals surface area contributed by atoms with E-state index in [9.17, 15) is 0 Å². The highest BCUT2D eigenvalue weighted by atomic mass is 79.9. The minimum atomic E-state index is 0.552. The average molecular weight is 351 g/mol. The molecule has 0 amide bonds. The van der Waals surface area contributed by atoms with E-state index < -0.39 is 0 Å². The molecule has 4 nitrogen and oxygen atoms in total. The smallest absolute Gasteiger partial charge is 0.199 e. The van der Waals surface area contributed by atoms with Gasteiger partial charge in [0.25, 0.3) is 0 Å². The fourth-order valence-electron chi connectivity index (χ4n) is 2.46. The van der Waals surface area contributed by atoms with Gasteiger partial charge in [-0.1, -0.05) is 48.5 Å². The zero-order chi connectivity index (χ0) is 14.9. The van der Waals surface area contributed by atoms with E-state index in [4.69, 9.17) is 0 Å². The predicted molar refractivity (Wildman–Crippen MR) is 89.8 cm³/mol. The fourth-order valence-corrected chi connectivity index (χ4v) is 2.80. The van der Waals surface area contributed by atoms with Gasteiger partial charge in [-0.3, -0.25) is 0 Å². The van der Waals surface area contributed by atoms with Gasteiger partial charge in [0.1, 0.15) is 0 Å². The monoisotopic (exact) mass is 350 g/mol. The topological polar surface area (TPSA) is 43.6 Å². The third-order valence-corrected chi connectivity index (χ3v) is 3.80. The predicted octanol–water partition coefficient (Wildman–Crippen LogP) is 4.25. The Kier molecular flexibility index (Phi) is 3.20. The Morgan fingerprint density at radius 1 is 0.818 bits per heavy atom. The molecule has 0 N–H and O–H groups in total. The maximum Gasteiger partial charge on any atom is 0.199 e. The third kappa shape index (κ3) is 2.19. The Balaban J connectivity index is 2.00. The number of hydrogen-bond acceptors (Lipinski definition) is 3. The molecule has 4 aromatic rings. The average Bonchev–Trinajstić information content (AvgIpc) is 2.99. The summed E-state index contributed by atoms with van der Waals surface area (Å²) in [6, 6.07) is 20.0. The van der Waals surface area contributed by atoms with Crippen LogP contribution < -0.4 is 0 Å². The normalized spacial score (nSPS) is 11.0. The van der Waals surface area contributed by atoms with Crippen LogP contribution in [0.3, 0.4) is 0 Å². The van der Waals surface area contributed by atoms with Crippen molar-refractivity contribution in [1.29, 1.82) is 0 Å². The van der Waals surface area contributed by atoms with Crippen molar-refractivity contribution in [2.75, 3.05) is 0 Å². The van der Waals surface area contributed by atoms with Gasteiger partial charge in [0.2, 0.25) is 0 Å². The van der Waals surface area contributed by atoms with Crippen molar-refractivity contribution in [3.05, 3.63) is 71.6 Å². The number of halogens is 1. The van der Waals surface area contributed by atoms with E-state index in [0.717, 1.165) is 28.0 Å². The Hall–Kier alpha value is -2.53. The number of para-hydroxylation sites is 1. The lowest BCUT2D eigenvalue weighted by molar-refractivity contribution is 0.892. The Morgan fingerprint density at radius 2 is 1.50 bits per heavy atom. The summed E-state index contributed by atoms with van der Waals surface area (Å²) in [5.41, 5.74) is 3.68. The summed E-state index contributed by atoms with van der Waals surface area (Å²) < 4.78 is 2.38. The molecule has 0 saturated heterocycles. The lowest BCUT2D eigenvalue weighted by atomic mass is 10.1. The van der Waals surface area contributed by atoms with Crippen LogP contribution in [0.2, 0.25) is 0 Å². The van der Waals surface area contributed by atoms with Crippen LogP contribution in [-0.4, -0.2) is 19.7 Å². The lowest BCUT2D eigenvalue weighted by Crippen LogP contribution is -1.98. The molecule has 0 unspecified atom stereocenters. The minimum absolute atomic E-state index is 0.552. The van der Waals surface area contributed by atoms with Crippen molar-refractivity contribution >= 4 is 27.0 Å². The van der Waals surface area contributed by atoms with Crippen LogP contribution in [0.15, 0.2) is 71.6 Å². The Morgan fingerprint density at radius 3 is 2.23 bits per heavy atom. The number of benzene rings is 2. The molecule has 0 bridgehead atoms. The van der Waals surface area contributed by atoms with E-state index in [2.05, 4.69) is 31.0 Å². The van der Waals surface area contributed by atoms with E-state index >= 15 is 0 Å². The molecular formula is C17H11BrN4. The molecule has 0 aliphatic heterocycles. The second kappa shape index (κ2) is 5.35. The van der Waals surface area contributed by atoms with Crippen LogP contribution in [0.25, 0.3) is 28.0 Å². The molecular weight excluding hydrogens is 340 g/mol. The maximum atomic E-state index is 4.53. The molecule has 2 aromatic carbocycles. The number of rotatable bonds is 2. The molecule has 0 aliphatic carbocycles. The first-order chi connectivity index (χ1) is 10.8. The highest BCUT2D eigenvalue weighted by Crippen LogP contribution is 2.28. The van der Waals surface area contributed by atoms with Gasteiger partial charge in [-0.25, -0.2) is 14.6 Å². The number of aromatic nitrogens is 4. The molecule has 22 heavy (non-hydrogen) atoms. The Bertz CT molecular complexity index is 933. The van der Waals surface area contributed by atoms with Crippen LogP contribution in [0, 0.1) is 0 Å². The van der Waals surface area contributed by atoms with Crippen molar-refractivity contribution in [2.24, 2.45) is 0 Å². The van der Waals surface area contributed by atoms with Gasteiger partial charge in [0.05, 0.1) is 23.0 Å². The van der Waals surface area contributed by atoms with E-state index in [-0.39, 0.29) is 0 Å². The lowest BCUT2D eigenvalue weighted by Gasteiger charge is -2.05. The first-order valence-electron chi connectivity index (χ1n) is 6.85. The van der Waals surface area contributed by atoms with Gasteiger partial charge in [-0.05, 0) is 28.1 Å². The summed E-state index contributed by atoms with van der Waals surface area (Å²) in [7, 11) is 0. The van der Waals surface area contributed by atoms with Crippen LogP contribution >= 0.6 is 15.9 Å². The molecule has 0 radical (unpaired) electrons. The largest absolute Gasteiger partial charge is 0.221 e. The molecule has 2 heterocycles. The molecule has 0 atom stereocenters. The highest BCUT2D eigenvalue weighted by molar-refractivity contribution is 9.10. The number of hydrogen-bond donors (Lipinski definition) is 0. The van der Waals surface area contributed by atoms with Gasteiger partial charge < -0.3 is 0 Å². The van der Waals surface area contributed by atoms with Crippen molar-refractivity contribution in [3.63, 3.8) is 0 Å². The van der Waals surface area contributed by atoms with Gasteiger partial charge in [0.15, 0.2) is 10.4 Å². The van der Waals surface area contributed by atoms with Crippen LogP contribution in [0.1, 0.15) is 0 Å². The quantitative estimate of drug-likeness (QED) is 0.507. The summed E-state index contributed by atoms with van der Waals surface area (Å²) in [5, 5.41) is 5.42. The van der Waals surface area contributed by atoms with E-state index in [1.165, 1.54) is 0 Å². The SMILES string of the molecule is Brc1nc(-c2ccccc2)c2cnn(-c3ccccc3)c2n1. The standard InChI is InChI=1S/C17H11BrN4/c18-17-20-15(12-7-3-1-4-8-12)14-11-19-22(16(14)21-17)13-9-5-2-6-10-13/h1-11H. The molecule has 5 heteroatoms. The minimum Gasteiger partial charge on any atom is -0.221 e. The molecule has 0 aliphatic rings. The molecule has 2 aromatic heterocycles. The maximum absolute atomic E-state index is 4.53. The Labute approximate surface area is 135 Å². The summed E-state index contributed by atoms with van der Waals surface area (Å²) in [5.74, 6) is 0. The summed E-state index contributed by atoms with van der Waals surface area (Å²) >= 11 is 3.41. The zero-order valence-corrected chi connectivity index (χ0v) is 13.1. The molecule has 0 fully saturated rings. The molecule has 0 spiro atoms. The van der Waals surface area contributed by atoms with Gasteiger partial charge in [-0.2, -0.15) is 5.10 Å². The molecule has 106 valence electrons.